The number of methoxy groups -OCH3 is 1. The summed E-state index contributed by atoms with van der Waals surface area (Å²) in [5.74, 6) is -0.215. The molecule has 3 aliphatic rings. The first-order valence-electron chi connectivity index (χ1n) is 6.61. The molecule has 8 heteroatoms. The van der Waals surface area contributed by atoms with Gasteiger partial charge in [0.2, 0.25) is 0 Å². The summed E-state index contributed by atoms with van der Waals surface area (Å²) < 4.78 is 28.0. The molecular weight excluding hydrogens is 273 g/mol. The first kappa shape index (κ1) is 13.7. The Bertz CT molecular complexity index is 343. The van der Waals surface area contributed by atoms with E-state index in [0.29, 0.717) is 32.7 Å². The van der Waals surface area contributed by atoms with Crippen LogP contribution in [0.3, 0.4) is 0 Å². The average Bonchev–Trinajstić information content (AvgIpc) is 3.13. The van der Waals surface area contributed by atoms with Gasteiger partial charge in [-0.05, 0) is 0 Å². The Hall–Kier alpha value is -0.300. The molecule has 0 aliphatic carbocycles. The van der Waals surface area contributed by atoms with Gasteiger partial charge in [0.05, 0.1) is 0 Å². The second-order valence-electron chi connectivity index (χ2n) is 4.93. The van der Waals surface area contributed by atoms with Crippen LogP contribution in [0.4, 0.5) is 0 Å². The van der Waals surface area contributed by atoms with Crippen molar-refractivity contribution in [2.45, 2.75) is 18.9 Å². The summed E-state index contributed by atoms with van der Waals surface area (Å²) in [4.78, 5) is 13.8. The molecule has 1 atom stereocenters. The monoisotopic (exact) mass is 293 g/mol. The third kappa shape index (κ3) is 2.28. The topological polar surface area (TPSA) is 66.5 Å². The van der Waals surface area contributed by atoms with E-state index in [-0.39, 0.29) is 12.0 Å². The van der Waals surface area contributed by atoms with Crippen molar-refractivity contribution in [3.8, 4) is 0 Å². The van der Waals surface area contributed by atoms with Crippen molar-refractivity contribution in [3.63, 3.8) is 0 Å². The van der Waals surface area contributed by atoms with Crippen LogP contribution in [0.1, 0.15) is 12.8 Å². The standard InChI is InChI=1S/C11H20NO6P/c1-14-11(13)10-3-2-4-12(10)9-19(15-5-6-16-19)17-7-8-18-19/h10H,2-9H2,1H3/t10-/m1/s1. The first-order valence-corrected chi connectivity index (χ1v) is 8.70. The molecule has 1 spiro atoms. The number of likely N-dealkylation sites (tertiary alicyclic amines) is 1. The molecule has 110 valence electrons. The van der Waals surface area contributed by atoms with Gasteiger partial charge in [0, 0.05) is 0 Å². The van der Waals surface area contributed by atoms with Gasteiger partial charge >= 0.3 is 111 Å². The van der Waals surface area contributed by atoms with Gasteiger partial charge in [-0.3, -0.25) is 0 Å². The molecule has 0 N–H and O–H groups in total. The van der Waals surface area contributed by atoms with Gasteiger partial charge in [0.1, 0.15) is 0 Å². The van der Waals surface area contributed by atoms with Gasteiger partial charge < -0.3 is 0 Å². The van der Waals surface area contributed by atoms with Crippen LogP contribution in [-0.2, 0) is 27.6 Å². The van der Waals surface area contributed by atoms with E-state index in [2.05, 4.69) is 0 Å². The number of hydrogen-bond acceptors (Lipinski definition) is 7. The molecule has 7 nitrogen and oxygen atoms in total. The zero-order valence-electron chi connectivity index (χ0n) is 11.1. The summed E-state index contributed by atoms with van der Waals surface area (Å²) >= 11 is 0. The van der Waals surface area contributed by atoms with Crippen LogP contribution < -0.4 is 0 Å². The molecule has 0 bridgehead atoms. The van der Waals surface area contributed by atoms with Crippen molar-refractivity contribution in [3.05, 3.63) is 0 Å². The Morgan fingerprint density at radius 3 is 2.32 bits per heavy atom. The molecule has 0 unspecified atom stereocenters. The predicted octanol–water partition coefficient (Wildman–Crippen LogP) is 0.888. The van der Waals surface area contributed by atoms with E-state index in [1.165, 1.54) is 7.11 Å². The number of carbonyl (C=O) groups excluding carboxylic acids is 1. The summed E-state index contributed by atoms with van der Waals surface area (Å²) in [6.45, 7) is 2.73. The van der Waals surface area contributed by atoms with Crippen LogP contribution >= 0.6 is 7.51 Å². The third-order valence-electron chi connectivity index (χ3n) is 3.78. The number of rotatable bonds is 3. The van der Waals surface area contributed by atoms with Gasteiger partial charge in [-0.15, -0.1) is 0 Å². The summed E-state index contributed by atoms with van der Waals surface area (Å²) in [5, 5.41) is 0. The van der Waals surface area contributed by atoms with Crippen molar-refractivity contribution in [1.29, 1.82) is 0 Å². The molecule has 3 aliphatic heterocycles. The summed E-state index contributed by atoms with van der Waals surface area (Å²) in [5.41, 5.74) is 0. The maximum absolute atomic E-state index is 11.8. The van der Waals surface area contributed by atoms with Crippen LogP contribution in [0.25, 0.3) is 0 Å². The predicted molar refractivity (Wildman–Crippen MR) is 67.3 cm³/mol. The summed E-state index contributed by atoms with van der Waals surface area (Å²) in [6.07, 6.45) is 2.14. The van der Waals surface area contributed by atoms with Crippen molar-refractivity contribution >= 4 is 13.5 Å². The van der Waals surface area contributed by atoms with E-state index in [4.69, 9.17) is 22.8 Å². The minimum atomic E-state index is -3.45. The Balaban J connectivity index is 1.77. The van der Waals surface area contributed by atoms with Gasteiger partial charge in [-0.2, -0.15) is 0 Å². The number of esters is 1. The molecule has 0 amide bonds. The van der Waals surface area contributed by atoms with Gasteiger partial charge in [-0.25, -0.2) is 0 Å². The van der Waals surface area contributed by atoms with Gasteiger partial charge in [0.15, 0.2) is 0 Å². The summed E-state index contributed by atoms with van der Waals surface area (Å²) in [6, 6.07) is -0.248. The van der Waals surface area contributed by atoms with Crippen LogP contribution in [0.15, 0.2) is 0 Å². The van der Waals surface area contributed by atoms with Crippen molar-refractivity contribution < 1.29 is 27.6 Å². The molecule has 0 aromatic rings. The first-order chi connectivity index (χ1) is 9.17. The fourth-order valence-electron chi connectivity index (χ4n) is 2.94. The molecule has 0 saturated carbocycles. The maximum atomic E-state index is 11.8. The van der Waals surface area contributed by atoms with Crippen molar-refractivity contribution in [2.24, 2.45) is 0 Å². The molecule has 3 fully saturated rings. The third-order valence-corrected chi connectivity index (χ3v) is 7.33. The van der Waals surface area contributed by atoms with Crippen LogP contribution in [0, 0.1) is 0 Å². The van der Waals surface area contributed by atoms with E-state index >= 15 is 0 Å². The fraction of sp³-hybridized carbons (Fsp3) is 0.909. The van der Waals surface area contributed by atoms with Gasteiger partial charge in [-0.1, -0.05) is 0 Å². The van der Waals surface area contributed by atoms with E-state index in [0.717, 1.165) is 19.4 Å². The Morgan fingerprint density at radius 1 is 1.21 bits per heavy atom. The van der Waals surface area contributed by atoms with E-state index < -0.39 is 7.51 Å². The number of ether oxygens (including phenoxy) is 1. The second kappa shape index (κ2) is 4.91. The molecule has 3 rings (SSSR count). The Labute approximate surface area is 112 Å². The fourth-order valence-corrected chi connectivity index (χ4v) is 6.35. The summed E-state index contributed by atoms with van der Waals surface area (Å²) in [7, 11) is -2.03. The SMILES string of the molecule is COC(=O)[C@H]1CCCN1CP12(OCCO1)OCCO2. The second-order valence-corrected chi connectivity index (χ2v) is 8.17. The molecular formula is C11H20NO6P. The molecule has 0 aromatic carbocycles. The van der Waals surface area contributed by atoms with Crippen LogP contribution in [0.2, 0.25) is 0 Å². The zero-order chi connectivity index (χ0) is 13.4. The zero-order valence-corrected chi connectivity index (χ0v) is 12.0. The van der Waals surface area contributed by atoms with E-state index in [9.17, 15) is 4.79 Å². The van der Waals surface area contributed by atoms with Crippen LogP contribution in [-0.4, -0.2) is 63.3 Å². The normalized spacial score (nSPS) is 35.2. The number of carbonyl (C=O) groups is 1. The molecule has 0 aromatic heterocycles. The average molecular weight is 293 g/mol. The van der Waals surface area contributed by atoms with E-state index in [1.54, 1.807) is 0 Å². The van der Waals surface area contributed by atoms with E-state index in [1.807, 2.05) is 4.90 Å². The quantitative estimate of drug-likeness (QED) is 0.565. The van der Waals surface area contributed by atoms with Crippen LogP contribution in [0.5, 0.6) is 0 Å². The Kier molecular flexibility index (Phi) is 3.53. The molecule has 19 heavy (non-hydrogen) atoms. The van der Waals surface area contributed by atoms with Crippen molar-refractivity contribution in [2.75, 3.05) is 46.4 Å². The molecule has 3 saturated heterocycles. The Morgan fingerprint density at radius 2 is 1.79 bits per heavy atom. The molecule has 3 heterocycles. The number of nitrogens with zero attached hydrogens (tertiary/aromatic N) is 1. The number of hydrogen-bond donors (Lipinski definition) is 0. The minimum absolute atomic E-state index is 0.215. The molecule has 0 radical (unpaired) electrons. The van der Waals surface area contributed by atoms with Gasteiger partial charge in [0.25, 0.3) is 0 Å². The van der Waals surface area contributed by atoms with Crippen molar-refractivity contribution in [1.82, 2.24) is 4.90 Å².